The van der Waals surface area contributed by atoms with E-state index in [2.05, 4.69) is 48.0 Å². The van der Waals surface area contributed by atoms with Crippen LogP contribution >= 0.6 is 44.1 Å². The number of ether oxygens (including phenoxy) is 1. The minimum Gasteiger partial charge on any atom is -0.483 e. The Hall–Kier alpha value is -2.49. The first-order chi connectivity index (χ1) is 14.4. The molecule has 0 saturated carbocycles. The van der Waals surface area contributed by atoms with E-state index >= 15 is 0 Å². The van der Waals surface area contributed by atoms with Gasteiger partial charge in [0.05, 0.1) is 10.9 Å². The summed E-state index contributed by atoms with van der Waals surface area (Å²) in [7, 11) is 0. The van der Waals surface area contributed by atoms with Crippen LogP contribution in [-0.4, -0.2) is 23.5 Å². The van der Waals surface area contributed by atoms with Gasteiger partial charge in [0.15, 0.2) is 11.7 Å². The number of hydrazine groups is 1. The summed E-state index contributed by atoms with van der Waals surface area (Å²) in [6.45, 7) is -0.230. The lowest BCUT2D eigenvalue weighted by Crippen LogP contribution is -2.49. The van der Waals surface area contributed by atoms with Gasteiger partial charge in [0.2, 0.25) is 5.91 Å². The first kappa shape index (κ1) is 22.2. The van der Waals surface area contributed by atoms with E-state index in [-0.39, 0.29) is 24.0 Å². The smallest absolute Gasteiger partial charge is 0.264 e. The molecule has 3 N–H and O–H groups in total. The molecule has 0 fully saturated rings. The van der Waals surface area contributed by atoms with Gasteiger partial charge in [-0.3, -0.25) is 25.8 Å². The van der Waals surface area contributed by atoms with Crippen LogP contribution in [0.4, 0.5) is 0 Å². The molecule has 30 heavy (non-hydrogen) atoms. The third kappa shape index (κ3) is 6.25. The first-order valence-corrected chi connectivity index (χ1v) is 10.8. The fourth-order valence-corrected chi connectivity index (χ4v) is 4.05. The molecule has 0 radical (unpaired) electrons. The van der Waals surface area contributed by atoms with Gasteiger partial charge in [-0.1, -0.05) is 58.4 Å². The summed E-state index contributed by atoms with van der Waals surface area (Å²) < 4.78 is 7.04. The number of halogens is 2. The highest BCUT2D eigenvalue weighted by Gasteiger charge is 2.10. The summed E-state index contributed by atoms with van der Waals surface area (Å²) in [5, 5.41) is 4.51. The topological polar surface area (TPSA) is 79.5 Å². The number of fused-ring (bicyclic) bond motifs is 1. The fourth-order valence-electron chi connectivity index (χ4n) is 2.72. The van der Waals surface area contributed by atoms with Crippen molar-refractivity contribution in [1.82, 2.24) is 16.2 Å². The fraction of sp³-hybridized carbons (Fsp3) is 0.0952. The number of thiocarbonyl (C=S) groups is 1. The zero-order valence-electron chi connectivity index (χ0n) is 15.6. The normalized spacial score (nSPS) is 10.3. The Morgan fingerprint density at radius 3 is 2.50 bits per heavy atom. The lowest BCUT2D eigenvalue weighted by atomic mass is 10.0. The molecular weight excluding hydrogens is 534 g/mol. The molecule has 0 aromatic heterocycles. The van der Waals surface area contributed by atoms with Crippen LogP contribution in [0.25, 0.3) is 10.8 Å². The average molecular weight is 551 g/mol. The Morgan fingerprint density at radius 2 is 1.70 bits per heavy atom. The number of hydrogen-bond acceptors (Lipinski definition) is 4. The zero-order valence-corrected chi connectivity index (χ0v) is 19.6. The lowest BCUT2D eigenvalue weighted by Gasteiger charge is -2.12. The molecule has 154 valence electrons. The van der Waals surface area contributed by atoms with Crippen LogP contribution in [0, 0.1) is 0 Å². The van der Waals surface area contributed by atoms with Gasteiger partial charge < -0.3 is 4.74 Å². The van der Waals surface area contributed by atoms with Crippen LogP contribution < -0.4 is 20.9 Å². The molecule has 0 aliphatic heterocycles. The Morgan fingerprint density at radius 1 is 0.933 bits per heavy atom. The van der Waals surface area contributed by atoms with Gasteiger partial charge in [0.1, 0.15) is 5.75 Å². The van der Waals surface area contributed by atoms with E-state index in [4.69, 9.17) is 17.0 Å². The van der Waals surface area contributed by atoms with E-state index in [0.717, 1.165) is 20.8 Å². The molecule has 0 spiro atoms. The summed E-state index contributed by atoms with van der Waals surface area (Å²) in [6.07, 6.45) is 0.172. The number of carbonyl (C=O) groups is 2. The van der Waals surface area contributed by atoms with Crippen LogP contribution in [0.1, 0.15) is 5.56 Å². The maximum Gasteiger partial charge on any atom is 0.264 e. The average Bonchev–Trinajstić information content (AvgIpc) is 2.72. The summed E-state index contributed by atoms with van der Waals surface area (Å²) >= 11 is 11.7. The molecule has 2 amide bonds. The molecule has 0 atom stereocenters. The van der Waals surface area contributed by atoms with Gasteiger partial charge in [-0.2, -0.15) is 0 Å². The van der Waals surface area contributed by atoms with E-state index < -0.39 is 5.91 Å². The summed E-state index contributed by atoms with van der Waals surface area (Å²) in [4.78, 5) is 24.2. The predicted octanol–water partition coefficient (Wildman–Crippen LogP) is 4.01. The molecule has 0 heterocycles. The van der Waals surface area contributed by atoms with Crippen molar-refractivity contribution in [2.24, 2.45) is 0 Å². The molecule has 3 aromatic carbocycles. The van der Waals surface area contributed by atoms with Crippen molar-refractivity contribution in [3.63, 3.8) is 0 Å². The molecule has 6 nitrogen and oxygen atoms in total. The van der Waals surface area contributed by atoms with Crippen LogP contribution in [-0.2, 0) is 16.0 Å². The standard InChI is InChI=1S/C21H17Br2N3O3S/c22-15-8-9-18(17(23)11-15)29-12-20(28)24-21(30)26-25-19(27)10-14-6-3-5-13-4-1-2-7-16(13)14/h1-9,11H,10,12H2,(H,25,27)(H2,24,26,28,30). The second kappa shape index (κ2) is 10.5. The predicted molar refractivity (Wildman–Crippen MR) is 127 cm³/mol. The molecule has 0 saturated heterocycles. The minimum absolute atomic E-state index is 0.0234. The SMILES string of the molecule is O=C(Cc1cccc2ccccc12)NNC(=S)NC(=O)COc1ccc(Br)cc1Br. The second-order valence-electron chi connectivity index (χ2n) is 6.23. The van der Waals surface area contributed by atoms with Crippen molar-refractivity contribution in [3.05, 3.63) is 75.2 Å². The molecular formula is C21H17Br2N3O3S. The highest BCUT2D eigenvalue weighted by molar-refractivity contribution is 9.11. The van der Waals surface area contributed by atoms with E-state index in [9.17, 15) is 9.59 Å². The summed E-state index contributed by atoms with van der Waals surface area (Å²) in [5.74, 6) is -0.209. The number of nitrogens with one attached hydrogen (secondary N) is 3. The number of rotatable bonds is 5. The van der Waals surface area contributed by atoms with Crippen molar-refractivity contribution in [2.75, 3.05) is 6.61 Å². The second-order valence-corrected chi connectivity index (χ2v) is 8.41. The Kier molecular flexibility index (Phi) is 7.78. The largest absolute Gasteiger partial charge is 0.483 e. The summed E-state index contributed by atoms with van der Waals surface area (Å²) in [6, 6.07) is 19.0. The molecule has 0 unspecified atom stereocenters. The van der Waals surface area contributed by atoms with Crippen LogP contribution in [0.15, 0.2) is 69.6 Å². The van der Waals surface area contributed by atoms with Crippen LogP contribution in [0.3, 0.4) is 0 Å². The van der Waals surface area contributed by atoms with Crippen LogP contribution in [0.5, 0.6) is 5.75 Å². The van der Waals surface area contributed by atoms with E-state index in [1.807, 2.05) is 48.5 Å². The van der Waals surface area contributed by atoms with Gasteiger partial charge in [-0.15, -0.1) is 0 Å². The van der Waals surface area contributed by atoms with Crippen molar-refractivity contribution in [2.45, 2.75) is 6.42 Å². The van der Waals surface area contributed by atoms with Crippen molar-refractivity contribution in [1.29, 1.82) is 0 Å². The third-order valence-corrected chi connectivity index (χ3v) is 5.37. The van der Waals surface area contributed by atoms with Crippen LogP contribution in [0.2, 0.25) is 0 Å². The number of benzene rings is 3. The number of carbonyl (C=O) groups excluding carboxylic acids is 2. The molecule has 0 aliphatic carbocycles. The van der Waals surface area contributed by atoms with E-state index in [1.54, 1.807) is 12.1 Å². The highest BCUT2D eigenvalue weighted by Crippen LogP contribution is 2.28. The quantitative estimate of drug-likeness (QED) is 0.330. The lowest BCUT2D eigenvalue weighted by molar-refractivity contribution is -0.122. The molecule has 3 rings (SSSR count). The molecule has 9 heteroatoms. The van der Waals surface area contributed by atoms with Gasteiger partial charge >= 0.3 is 0 Å². The number of hydrogen-bond donors (Lipinski definition) is 3. The van der Waals surface area contributed by atoms with Gasteiger partial charge in [0.25, 0.3) is 5.91 Å². The maximum atomic E-state index is 12.2. The van der Waals surface area contributed by atoms with Crippen molar-refractivity contribution in [3.8, 4) is 5.75 Å². The third-order valence-electron chi connectivity index (χ3n) is 4.05. The van der Waals surface area contributed by atoms with Crippen molar-refractivity contribution < 1.29 is 14.3 Å². The number of amides is 2. The highest BCUT2D eigenvalue weighted by atomic mass is 79.9. The summed E-state index contributed by atoms with van der Waals surface area (Å²) in [5.41, 5.74) is 5.92. The molecule has 0 bridgehead atoms. The van der Waals surface area contributed by atoms with Gasteiger partial charge in [-0.25, -0.2) is 0 Å². The Labute approximate surface area is 195 Å². The Bertz CT molecular complexity index is 1100. The Balaban J connectivity index is 1.44. The first-order valence-electron chi connectivity index (χ1n) is 8.85. The van der Waals surface area contributed by atoms with E-state index in [1.165, 1.54) is 0 Å². The maximum absolute atomic E-state index is 12.2. The molecule has 0 aliphatic rings. The van der Waals surface area contributed by atoms with Gasteiger partial charge in [0, 0.05) is 4.47 Å². The monoisotopic (exact) mass is 549 g/mol. The minimum atomic E-state index is -0.453. The molecule has 3 aromatic rings. The van der Waals surface area contributed by atoms with Gasteiger partial charge in [-0.05, 0) is 62.7 Å². The zero-order chi connectivity index (χ0) is 21.5. The van der Waals surface area contributed by atoms with E-state index in [0.29, 0.717) is 10.2 Å². The van der Waals surface area contributed by atoms with Crippen molar-refractivity contribution >= 4 is 71.8 Å².